The molecule has 1 fully saturated rings. The number of pyridine rings is 1. The SMILES string of the molecule is Cc1ccc(S(=O)(=O)CCC(=O)N2CCC(c3[nH]ncc3-c3ccnc(N)c3)C2)cc1. The van der Waals surface area contributed by atoms with E-state index in [1.54, 1.807) is 47.6 Å². The van der Waals surface area contributed by atoms with Crippen LogP contribution in [0.4, 0.5) is 5.82 Å². The van der Waals surface area contributed by atoms with Gasteiger partial charge in [0.25, 0.3) is 0 Å². The fourth-order valence-corrected chi connectivity index (χ4v) is 5.15. The molecule has 2 aromatic heterocycles. The van der Waals surface area contributed by atoms with Crippen LogP contribution in [0, 0.1) is 6.92 Å². The molecule has 1 aliphatic rings. The Hall–Kier alpha value is -3.20. The van der Waals surface area contributed by atoms with Gasteiger partial charge in [0.2, 0.25) is 5.91 Å². The fraction of sp³-hybridized carbons (Fsp3) is 0.318. The molecule has 1 aromatic carbocycles. The van der Waals surface area contributed by atoms with Crippen molar-refractivity contribution in [3.05, 3.63) is 60.0 Å². The molecule has 31 heavy (non-hydrogen) atoms. The second kappa shape index (κ2) is 8.50. The Bertz CT molecular complexity index is 1190. The molecule has 1 saturated heterocycles. The van der Waals surface area contributed by atoms with Crippen LogP contribution in [0.2, 0.25) is 0 Å². The number of aromatic nitrogens is 3. The van der Waals surface area contributed by atoms with Gasteiger partial charge in [0.05, 0.1) is 16.8 Å². The van der Waals surface area contributed by atoms with Gasteiger partial charge in [-0.3, -0.25) is 9.89 Å². The number of nitrogens with one attached hydrogen (secondary N) is 1. The number of benzene rings is 1. The smallest absolute Gasteiger partial charge is 0.223 e. The topological polar surface area (TPSA) is 122 Å². The number of rotatable bonds is 6. The molecule has 162 valence electrons. The van der Waals surface area contributed by atoms with Crippen molar-refractivity contribution in [2.45, 2.75) is 30.6 Å². The maximum absolute atomic E-state index is 12.7. The largest absolute Gasteiger partial charge is 0.384 e. The zero-order valence-electron chi connectivity index (χ0n) is 17.3. The lowest BCUT2D eigenvalue weighted by atomic mass is 9.97. The number of nitrogen functional groups attached to an aromatic ring is 1. The van der Waals surface area contributed by atoms with Crippen molar-refractivity contribution in [1.29, 1.82) is 0 Å². The van der Waals surface area contributed by atoms with Gasteiger partial charge in [0.1, 0.15) is 5.82 Å². The summed E-state index contributed by atoms with van der Waals surface area (Å²) < 4.78 is 25.1. The number of hydrogen-bond acceptors (Lipinski definition) is 6. The Balaban J connectivity index is 1.40. The van der Waals surface area contributed by atoms with Crippen LogP contribution in [0.3, 0.4) is 0 Å². The van der Waals surface area contributed by atoms with E-state index in [1.807, 2.05) is 13.0 Å². The molecule has 8 nitrogen and oxygen atoms in total. The maximum atomic E-state index is 12.7. The van der Waals surface area contributed by atoms with Crippen LogP contribution in [0.15, 0.2) is 53.7 Å². The minimum atomic E-state index is -3.49. The van der Waals surface area contributed by atoms with Crippen LogP contribution in [-0.2, 0) is 14.6 Å². The van der Waals surface area contributed by atoms with Gasteiger partial charge in [-0.2, -0.15) is 5.10 Å². The molecule has 3 N–H and O–H groups in total. The molecule has 3 heterocycles. The van der Waals surface area contributed by atoms with E-state index in [2.05, 4.69) is 15.2 Å². The minimum Gasteiger partial charge on any atom is -0.384 e. The molecular weight excluding hydrogens is 414 g/mol. The predicted molar refractivity (Wildman–Crippen MR) is 118 cm³/mol. The molecule has 0 saturated carbocycles. The molecule has 1 atom stereocenters. The number of aryl methyl sites for hydroxylation is 1. The van der Waals surface area contributed by atoms with Crippen molar-refractivity contribution in [1.82, 2.24) is 20.1 Å². The lowest BCUT2D eigenvalue weighted by Gasteiger charge is -2.17. The molecule has 0 spiro atoms. The average Bonchev–Trinajstić information content (AvgIpc) is 3.42. The van der Waals surface area contributed by atoms with E-state index in [1.165, 1.54) is 0 Å². The lowest BCUT2D eigenvalue weighted by Crippen LogP contribution is -2.30. The lowest BCUT2D eigenvalue weighted by molar-refractivity contribution is -0.129. The first-order valence-electron chi connectivity index (χ1n) is 10.2. The highest BCUT2D eigenvalue weighted by molar-refractivity contribution is 7.91. The molecule has 0 bridgehead atoms. The van der Waals surface area contributed by atoms with Crippen molar-refractivity contribution < 1.29 is 13.2 Å². The van der Waals surface area contributed by atoms with Crippen LogP contribution < -0.4 is 5.73 Å². The molecule has 1 amide bonds. The zero-order valence-corrected chi connectivity index (χ0v) is 18.1. The summed E-state index contributed by atoms with van der Waals surface area (Å²) in [5.41, 5.74) is 9.61. The highest BCUT2D eigenvalue weighted by atomic mass is 32.2. The van der Waals surface area contributed by atoms with Gasteiger partial charge < -0.3 is 10.6 Å². The number of aromatic amines is 1. The van der Waals surface area contributed by atoms with Crippen molar-refractivity contribution in [2.24, 2.45) is 0 Å². The summed E-state index contributed by atoms with van der Waals surface area (Å²) in [5, 5.41) is 7.24. The van der Waals surface area contributed by atoms with Gasteiger partial charge in [0, 0.05) is 42.9 Å². The number of anilines is 1. The van der Waals surface area contributed by atoms with Crippen LogP contribution in [0.25, 0.3) is 11.1 Å². The predicted octanol–water partition coefficient (Wildman–Crippen LogP) is 2.54. The third-order valence-corrected chi connectivity index (χ3v) is 7.41. The number of nitrogens with zero attached hydrogens (tertiary/aromatic N) is 3. The third-order valence-electron chi connectivity index (χ3n) is 5.67. The minimum absolute atomic E-state index is 0.0281. The highest BCUT2D eigenvalue weighted by Gasteiger charge is 2.30. The second-order valence-electron chi connectivity index (χ2n) is 7.87. The Morgan fingerprint density at radius 3 is 2.77 bits per heavy atom. The highest BCUT2D eigenvalue weighted by Crippen LogP contribution is 2.33. The molecule has 9 heteroatoms. The number of nitrogens with two attached hydrogens (primary N) is 1. The van der Waals surface area contributed by atoms with Gasteiger partial charge in [0.15, 0.2) is 9.84 Å². The van der Waals surface area contributed by atoms with E-state index in [-0.39, 0.29) is 28.9 Å². The Labute approximate surface area is 181 Å². The van der Waals surface area contributed by atoms with E-state index in [4.69, 9.17) is 5.73 Å². The summed E-state index contributed by atoms with van der Waals surface area (Å²) in [7, 11) is -3.49. The van der Waals surface area contributed by atoms with Crippen molar-refractivity contribution in [2.75, 3.05) is 24.6 Å². The summed E-state index contributed by atoms with van der Waals surface area (Å²) >= 11 is 0. The Kier molecular flexibility index (Phi) is 5.77. The van der Waals surface area contributed by atoms with Gasteiger partial charge in [-0.15, -0.1) is 0 Å². The average molecular weight is 440 g/mol. The van der Waals surface area contributed by atoms with Crippen molar-refractivity contribution >= 4 is 21.6 Å². The van der Waals surface area contributed by atoms with E-state index in [0.29, 0.717) is 18.9 Å². The van der Waals surface area contributed by atoms with E-state index in [9.17, 15) is 13.2 Å². The molecule has 0 aliphatic carbocycles. The quantitative estimate of drug-likeness (QED) is 0.609. The van der Waals surface area contributed by atoms with Crippen molar-refractivity contribution in [3.63, 3.8) is 0 Å². The summed E-state index contributed by atoms with van der Waals surface area (Å²) in [4.78, 5) is 18.7. The van der Waals surface area contributed by atoms with Crippen LogP contribution >= 0.6 is 0 Å². The first-order chi connectivity index (χ1) is 14.8. The van der Waals surface area contributed by atoms with E-state index < -0.39 is 9.84 Å². The van der Waals surface area contributed by atoms with Crippen LogP contribution in [-0.4, -0.2) is 53.2 Å². The van der Waals surface area contributed by atoms with Gasteiger partial charge in [-0.1, -0.05) is 17.7 Å². The van der Waals surface area contributed by atoms with Crippen LogP contribution in [0.1, 0.15) is 30.0 Å². The first-order valence-corrected chi connectivity index (χ1v) is 11.8. The second-order valence-corrected chi connectivity index (χ2v) is 9.98. The molecular formula is C22H25N5O3S. The first kappa shape index (κ1) is 21.0. The number of likely N-dealkylation sites (tertiary alicyclic amines) is 1. The standard InChI is InChI=1S/C22H25N5O3S/c1-15-2-4-18(5-3-15)31(29,30)11-8-21(28)27-10-7-17(14-27)22-19(13-25-26-22)16-6-9-24-20(23)12-16/h2-6,9,12-13,17H,7-8,10-11,14H2,1H3,(H2,23,24)(H,25,26). The maximum Gasteiger partial charge on any atom is 0.223 e. The number of hydrogen-bond donors (Lipinski definition) is 2. The summed E-state index contributed by atoms with van der Waals surface area (Å²) in [6, 6.07) is 10.4. The molecule has 1 aliphatic heterocycles. The fourth-order valence-electron chi connectivity index (χ4n) is 3.92. The molecule has 1 unspecified atom stereocenters. The third kappa shape index (κ3) is 4.61. The number of carbonyl (C=O) groups is 1. The number of amides is 1. The molecule has 4 rings (SSSR count). The van der Waals surface area contributed by atoms with Gasteiger partial charge >= 0.3 is 0 Å². The zero-order chi connectivity index (χ0) is 22.0. The van der Waals surface area contributed by atoms with Gasteiger partial charge in [-0.05, 0) is 43.2 Å². The van der Waals surface area contributed by atoms with Gasteiger partial charge in [-0.25, -0.2) is 13.4 Å². The number of H-pyrrole nitrogens is 1. The number of sulfone groups is 1. The molecule has 3 aromatic rings. The van der Waals surface area contributed by atoms with Crippen molar-refractivity contribution in [3.8, 4) is 11.1 Å². The monoisotopic (exact) mass is 439 g/mol. The summed E-state index contributed by atoms with van der Waals surface area (Å²) in [6.07, 6.45) is 4.16. The Morgan fingerprint density at radius 1 is 1.26 bits per heavy atom. The number of carbonyl (C=O) groups excluding carboxylic acids is 1. The molecule has 0 radical (unpaired) electrons. The Morgan fingerprint density at radius 2 is 2.03 bits per heavy atom. The normalized spacial score (nSPS) is 16.5. The summed E-state index contributed by atoms with van der Waals surface area (Å²) in [5.74, 6) is 0.196. The van der Waals surface area contributed by atoms with Crippen LogP contribution in [0.5, 0.6) is 0 Å². The van der Waals surface area contributed by atoms with E-state index in [0.717, 1.165) is 28.8 Å². The van der Waals surface area contributed by atoms with E-state index >= 15 is 0 Å². The summed E-state index contributed by atoms with van der Waals surface area (Å²) in [6.45, 7) is 3.02.